The lowest BCUT2D eigenvalue weighted by Gasteiger charge is -2.19. The van der Waals surface area contributed by atoms with Crippen LogP contribution in [0.1, 0.15) is 34.6 Å². The Labute approximate surface area is 144 Å². The summed E-state index contributed by atoms with van der Waals surface area (Å²) in [4.78, 5) is 12.3. The molecule has 1 saturated carbocycles. The summed E-state index contributed by atoms with van der Waals surface area (Å²) in [5, 5.41) is 0. The minimum atomic E-state index is -5.75. The van der Waals surface area contributed by atoms with Crippen LogP contribution in [0.5, 0.6) is 0 Å². The molecule has 1 aliphatic carbocycles. The molecule has 2 nitrogen and oxygen atoms in total. The van der Waals surface area contributed by atoms with Crippen LogP contribution in [0.4, 0.5) is 22.0 Å². The average Bonchev–Trinajstić information content (AvgIpc) is 2.94. The smallest absolute Gasteiger partial charge is 0.444 e. The Morgan fingerprint density at radius 3 is 2.12 bits per heavy atom. The van der Waals surface area contributed by atoms with E-state index in [1.807, 2.05) is 39.7 Å². The van der Waals surface area contributed by atoms with Gasteiger partial charge in [0.1, 0.15) is 0 Å². The van der Waals surface area contributed by atoms with Crippen molar-refractivity contribution in [3.05, 3.63) is 23.3 Å². The molecule has 0 saturated heterocycles. The summed E-state index contributed by atoms with van der Waals surface area (Å²) in [6, 6.07) is 0. The first-order valence-electron chi connectivity index (χ1n) is 7.60. The molecular weight excluding hydrogens is 343 g/mol. The SMILES string of the molecule is C#CC(OC(=O)C1C(C=C(C)C)C1(C)C)/C(C)=C/C(F)(F)C(F)(F)F. The molecule has 0 aromatic carbocycles. The molecular formula is C18H21F5O2. The molecule has 140 valence electrons. The molecule has 0 aromatic heterocycles. The summed E-state index contributed by atoms with van der Waals surface area (Å²) in [6.07, 6.45) is -0.586. The van der Waals surface area contributed by atoms with Gasteiger partial charge in [-0.3, -0.25) is 4.79 Å². The van der Waals surface area contributed by atoms with Gasteiger partial charge in [-0.25, -0.2) is 0 Å². The first-order valence-corrected chi connectivity index (χ1v) is 7.60. The minimum Gasteiger partial charge on any atom is -0.444 e. The number of hydrogen-bond donors (Lipinski definition) is 0. The van der Waals surface area contributed by atoms with Crippen LogP contribution in [0.2, 0.25) is 0 Å². The lowest BCUT2D eigenvalue weighted by Crippen LogP contribution is -2.35. The highest BCUT2D eigenvalue weighted by molar-refractivity contribution is 5.79. The summed E-state index contributed by atoms with van der Waals surface area (Å²) in [5.74, 6) is -4.43. The molecule has 3 unspecified atom stereocenters. The number of ether oxygens (including phenoxy) is 1. The molecule has 1 aliphatic rings. The number of terminal acetylenes is 1. The van der Waals surface area contributed by atoms with E-state index in [1.54, 1.807) is 0 Å². The normalized spacial score (nSPS) is 24.1. The van der Waals surface area contributed by atoms with Gasteiger partial charge in [-0.1, -0.05) is 31.4 Å². The number of rotatable bonds is 5. The van der Waals surface area contributed by atoms with E-state index in [-0.39, 0.29) is 17.4 Å². The van der Waals surface area contributed by atoms with Gasteiger partial charge < -0.3 is 4.74 Å². The van der Waals surface area contributed by atoms with Crippen LogP contribution in [0.25, 0.3) is 0 Å². The Bertz CT molecular complexity index is 631. The van der Waals surface area contributed by atoms with E-state index in [2.05, 4.69) is 0 Å². The van der Waals surface area contributed by atoms with Crippen LogP contribution in [0, 0.1) is 29.6 Å². The second kappa shape index (κ2) is 6.81. The number of halogens is 5. The maximum absolute atomic E-state index is 13.1. The van der Waals surface area contributed by atoms with Crippen molar-refractivity contribution in [2.75, 3.05) is 0 Å². The van der Waals surface area contributed by atoms with Crippen LogP contribution in [0.15, 0.2) is 23.3 Å². The van der Waals surface area contributed by atoms with Gasteiger partial charge in [0.25, 0.3) is 0 Å². The summed E-state index contributed by atoms with van der Waals surface area (Å²) in [7, 11) is 0. The number of alkyl halides is 5. The van der Waals surface area contributed by atoms with Gasteiger partial charge in [-0.2, -0.15) is 22.0 Å². The van der Waals surface area contributed by atoms with Crippen LogP contribution in [-0.2, 0) is 9.53 Å². The fraction of sp³-hybridized carbons (Fsp3) is 0.611. The predicted octanol–water partition coefficient (Wildman–Crippen LogP) is 4.91. The van der Waals surface area contributed by atoms with Crippen LogP contribution < -0.4 is 0 Å². The summed E-state index contributed by atoms with van der Waals surface area (Å²) < 4.78 is 68.0. The van der Waals surface area contributed by atoms with E-state index < -0.39 is 35.7 Å². The lowest BCUT2D eigenvalue weighted by atomic mass is 10.1. The zero-order valence-electron chi connectivity index (χ0n) is 14.7. The first kappa shape index (κ1) is 21.2. The second-order valence-corrected chi connectivity index (χ2v) is 7.06. The highest BCUT2D eigenvalue weighted by Crippen LogP contribution is 2.60. The predicted molar refractivity (Wildman–Crippen MR) is 83.7 cm³/mol. The Kier molecular flexibility index (Phi) is 5.78. The first-order chi connectivity index (χ1) is 11.1. The average molecular weight is 364 g/mol. The summed E-state index contributed by atoms with van der Waals surface area (Å²) in [5.41, 5.74) is 0.0688. The Morgan fingerprint density at radius 1 is 1.20 bits per heavy atom. The molecule has 0 heterocycles. The number of esters is 1. The van der Waals surface area contributed by atoms with E-state index in [1.165, 1.54) is 0 Å². The van der Waals surface area contributed by atoms with Gasteiger partial charge in [0.15, 0.2) is 6.10 Å². The molecule has 1 rings (SSSR count). The van der Waals surface area contributed by atoms with Crippen molar-refractivity contribution < 1.29 is 31.5 Å². The molecule has 0 radical (unpaired) electrons. The number of hydrogen-bond acceptors (Lipinski definition) is 2. The lowest BCUT2D eigenvalue weighted by molar-refractivity contribution is -0.259. The van der Waals surface area contributed by atoms with E-state index in [9.17, 15) is 26.7 Å². The second-order valence-electron chi connectivity index (χ2n) is 7.06. The van der Waals surface area contributed by atoms with Gasteiger partial charge in [0, 0.05) is 0 Å². The number of allylic oxidation sites excluding steroid dienone is 3. The molecule has 0 N–H and O–H groups in total. The third kappa shape index (κ3) is 4.62. The van der Waals surface area contributed by atoms with Crippen molar-refractivity contribution in [2.45, 2.75) is 52.8 Å². The van der Waals surface area contributed by atoms with Crippen molar-refractivity contribution in [3.63, 3.8) is 0 Å². The van der Waals surface area contributed by atoms with Gasteiger partial charge >= 0.3 is 18.1 Å². The van der Waals surface area contributed by atoms with E-state index in [0.717, 1.165) is 12.5 Å². The van der Waals surface area contributed by atoms with E-state index in [0.29, 0.717) is 0 Å². The largest absolute Gasteiger partial charge is 0.457 e. The molecule has 1 fully saturated rings. The van der Waals surface area contributed by atoms with E-state index in [4.69, 9.17) is 11.2 Å². The van der Waals surface area contributed by atoms with Crippen molar-refractivity contribution in [3.8, 4) is 12.3 Å². The van der Waals surface area contributed by atoms with Crippen LogP contribution >= 0.6 is 0 Å². The summed E-state index contributed by atoms with van der Waals surface area (Å²) in [6.45, 7) is 8.40. The third-order valence-electron chi connectivity index (χ3n) is 4.26. The maximum atomic E-state index is 13.1. The zero-order chi connectivity index (χ0) is 19.8. The standard InChI is InChI=1S/C18H21F5O2/c1-7-13(11(4)9-17(19,20)18(21,22)23)25-15(24)14-12(8-10(2)3)16(14,5)6/h1,8-9,12-14H,2-6H3/b11-9+. The molecule has 25 heavy (non-hydrogen) atoms. The number of carbonyl (C=O) groups is 1. The quantitative estimate of drug-likeness (QED) is 0.300. The maximum Gasteiger partial charge on any atom is 0.457 e. The molecule has 0 bridgehead atoms. The minimum absolute atomic E-state index is 0.0932. The van der Waals surface area contributed by atoms with Gasteiger partial charge in [-0.05, 0) is 43.8 Å². The molecule has 3 atom stereocenters. The number of carbonyl (C=O) groups excluding carboxylic acids is 1. The van der Waals surface area contributed by atoms with Gasteiger partial charge in [0.05, 0.1) is 5.92 Å². The van der Waals surface area contributed by atoms with Gasteiger partial charge in [0.2, 0.25) is 0 Å². The van der Waals surface area contributed by atoms with Crippen molar-refractivity contribution in [1.29, 1.82) is 0 Å². The van der Waals surface area contributed by atoms with Crippen molar-refractivity contribution >= 4 is 5.97 Å². The monoisotopic (exact) mass is 364 g/mol. The molecule has 0 aromatic rings. The Hall–Kier alpha value is -1.84. The molecule has 0 spiro atoms. The third-order valence-corrected chi connectivity index (χ3v) is 4.26. The van der Waals surface area contributed by atoms with Crippen LogP contribution in [0.3, 0.4) is 0 Å². The Balaban J connectivity index is 2.92. The van der Waals surface area contributed by atoms with Crippen LogP contribution in [-0.4, -0.2) is 24.2 Å². The van der Waals surface area contributed by atoms with Crippen molar-refractivity contribution in [1.82, 2.24) is 0 Å². The van der Waals surface area contributed by atoms with E-state index >= 15 is 0 Å². The molecule has 7 heteroatoms. The highest BCUT2D eigenvalue weighted by Gasteiger charge is 2.61. The fourth-order valence-electron chi connectivity index (χ4n) is 2.69. The van der Waals surface area contributed by atoms with Crippen molar-refractivity contribution in [2.24, 2.45) is 17.3 Å². The Morgan fingerprint density at radius 2 is 1.72 bits per heavy atom. The summed E-state index contributed by atoms with van der Waals surface area (Å²) >= 11 is 0. The highest BCUT2D eigenvalue weighted by atomic mass is 19.4. The molecule has 0 amide bonds. The van der Waals surface area contributed by atoms with Gasteiger partial charge in [-0.15, -0.1) is 6.42 Å². The fourth-order valence-corrected chi connectivity index (χ4v) is 2.69. The topological polar surface area (TPSA) is 26.3 Å². The molecule has 0 aliphatic heterocycles. The zero-order valence-corrected chi connectivity index (χ0v) is 14.7.